The first-order chi connectivity index (χ1) is 6.35. The van der Waals surface area contributed by atoms with Crippen molar-refractivity contribution in [2.24, 2.45) is 0 Å². The van der Waals surface area contributed by atoms with Crippen molar-refractivity contribution in [3.8, 4) is 0 Å². The fourth-order valence-corrected chi connectivity index (χ4v) is 1.28. The molecular formula is C10H23NO2. The molecule has 0 fully saturated rings. The van der Waals surface area contributed by atoms with E-state index in [4.69, 9.17) is 9.84 Å². The Labute approximate surface area is 81.5 Å². The largest absolute Gasteiger partial charge is 0.396 e. The minimum Gasteiger partial charge on any atom is -0.396 e. The maximum atomic E-state index is 8.61. The summed E-state index contributed by atoms with van der Waals surface area (Å²) < 4.78 is 5.11. The van der Waals surface area contributed by atoms with Crippen molar-refractivity contribution >= 4 is 0 Å². The van der Waals surface area contributed by atoms with Gasteiger partial charge in [0.25, 0.3) is 0 Å². The van der Waals surface area contributed by atoms with Gasteiger partial charge in [0.2, 0.25) is 0 Å². The predicted octanol–water partition coefficient (Wildman–Crippen LogP) is 1.16. The second-order valence-electron chi connectivity index (χ2n) is 3.33. The second kappa shape index (κ2) is 9.96. The van der Waals surface area contributed by atoms with Crippen LogP contribution in [0, 0.1) is 0 Å². The summed E-state index contributed by atoms with van der Waals surface area (Å²) in [4.78, 5) is 0. The van der Waals surface area contributed by atoms with Crippen molar-refractivity contribution in [2.75, 3.05) is 26.9 Å². The Morgan fingerprint density at radius 2 is 2.15 bits per heavy atom. The van der Waals surface area contributed by atoms with Gasteiger partial charge in [-0.25, -0.2) is 0 Å². The molecule has 0 amide bonds. The Bertz CT molecular complexity index is 98.9. The van der Waals surface area contributed by atoms with E-state index in [0.29, 0.717) is 6.04 Å². The summed E-state index contributed by atoms with van der Waals surface area (Å²) in [6, 6.07) is 0.455. The topological polar surface area (TPSA) is 41.5 Å². The van der Waals surface area contributed by atoms with Crippen molar-refractivity contribution in [3.63, 3.8) is 0 Å². The van der Waals surface area contributed by atoms with Crippen LogP contribution in [0.5, 0.6) is 0 Å². The second-order valence-corrected chi connectivity index (χ2v) is 3.33. The van der Waals surface area contributed by atoms with Crippen LogP contribution >= 0.6 is 0 Å². The predicted molar refractivity (Wildman–Crippen MR) is 54.9 cm³/mol. The van der Waals surface area contributed by atoms with E-state index in [0.717, 1.165) is 26.0 Å². The lowest BCUT2D eigenvalue weighted by Gasteiger charge is -2.17. The fourth-order valence-electron chi connectivity index (χ4n) is 1.28. The molecule has 13 heavy (non-hydrogen) atoms. The molecule has 3 nitrogen and oxygen atoms in total. The van der Waals surface area contributed by atoms with Gasteiger partial charge in [0, 0.05) is 19.8 Å². The molecule has 0 heterocycles. The van der Waals surface area contributed by atoms with Crippen LogP contribution in [0.1, 0.15) is 32.6 Å². The van der Waals surface area contributed by atoms with Crippen molar-refractivity contribution < 1.29 is 9.84 Å². The van der Waals surface area contributed by atoms with Crippen LogP contribution in [0.2, 0.25) is 0 Å². The molecule has 2 N–H and O–H groups in total. The SMILES string of the molecule is CCCCC(COC)NCCCO. The van der Waals surface area contributed by atoms with Gasteiger partial charge in [0.1, 0.15) is 0 Å². The number of aliphatic hydroxyl groups excluding tert-OH is 1. The zero-order valence-electron chi connectivity index (χ0n) is 8.88. The van der Waals surface area contributed by atoms with E-state index < -0.39 is 0 Å². The first-order valence-electron chi connectivity index (χ1n) is 5.18. The van der Waals surface area contributed by atoms with E-state index in [1.807, 2.05) is 0 Å². The van der Waals surface area contributed by atoms with Crippen LogP contribution in [0.15, 0.2) is 0 Å². The van der Waals surface area contributed by atoms with Crippen LogP contribution in [-0.4, -0.2) is 38.0 Å². The molecule has 0 radical (unpaired) electrons. The van der Waals surface area contributed by atoms with Gasteiger partial charge < -0.3 is 15.2 Å². The van der Waals surface area contributed by atoms with E-state index in [9.17, 15) is 0 Å². The van der Waals surface area contributed by atoms with E-state index in [-0.39, 0.29) is 6.61 Å². The van der Waals surface area contributed by atoms with Crippen LogP contribution in [-0.2, 0) is 4.74 Å². The molecule has 1 atom stereocenters. The molecule has 0 aromatic carbocycles. The van der Waals surface area contributed by atoms with Crippen LogP contribution in [0.3, 0.4) is 0 Å². The molecule has 0 aromatic rings. The summed E-state index contributed by atoms with van der Waals surface area (Å²) in [7, 11) is 1.73. The third-order valence-electron chi connectivity index (χ3n) is 2.04. The van der Waals surface area contributed by atoms with Crippen molar-refractivity contribution in [3.05, 3.63) is 0 Å². The molecule has 0 saturated carbocycles. The zero-order valence-corrected chi connectivity index (χ0v) is 8.88. The molecule has 0 bridgehead atoms. The molecule has 0 rings (SSSR count). The molecule has 3 heteroatoms. The zero-order chi connectivity index (χ0) is 9.94. The number of nitrogens with one attached hydrogen (secondary N) is 1. The number of methoxy groups -OCH3 is 1. The highest BCUT2D eigenvalue weighted by molar-refractivity contribution is 4.65. The Morgan fingerprint density at radius 1 is 1.38 bits per heavy atom. The number of unbranched alkanes of at least 4 members (excludes halogenated alkanes) is 1. The summed E-state index contributed by atoms with van der Waals surface area (Å²) in [6.07, 6.45) is 4.45. The maximum Gasteiger partial charge on any atom is 0.0615 e. The monoisotopic (exact) mass is 189 g/mol. The third kappa shape index (κ3) is 8.22. The molecule has 0 aliphatic heterocycles. The molecule has 0 saturated heterocycles. The Hall–Kier alpha value is -0.120. The number of hydrogen-bond acceptors (Lipinski definition) is 3. The average molecular weight is 189 g/mol. The standard InChI is InChI=1S/C10H23NO2/c1-3-4-6-10(9-13-2)11-7-5-8-12/h10-12H,3-9H2,1-2H3. The highest BCUT2D eigenvalue weighted by Crippen LogP contribution is 2.00. The average Bonchev–Trinajstić information content (AvgIpc) is 2.14. The van der Waals surface area contributed by atoms with Gasteiger partial charge >= 0.3 is 0 Å². The summed E-state index contributed by atoms with van der Waals surface area (Å²) in [5.41, 5.74) is 0. The lowest BCUT2D eigenvalue weighted by molar-refractivity contribution is 0.159. The number of rotatable bonds is 9. The van der Waals surface area contributed by atoms with Gasteiger partial charge in [-0.3, -0.25) is 0 Å². The Kier molecular flexibility index (Phi) is 9.87. The van der Waals surface area contributed by atoms with Gasteiger partial charge in [-0.15, -0.1) is 0 Å². The molecule has 0 aliphatic rings. The summed E-state index contributed by atoms with van der Waals surface area (Å²) in [5, 5.41) is 12.0. The number of ether oxygens (including phenoxy) is 1. The summed E-state index contributed by atoms with van der Waals surface area (Å²) >= 11 is 0. The van der Waals surface area contributed by atoms with E-state index in [2.05, 4.69) is 12.2 Å². The lowest BCUT2D eigenvalue weighted by atomic mass is 10.1. The van der Waals surface area contributed by atoms with Crippen molar-refractivity contribution in [1.29, 1.82) is 0 Å². The van der Waals surface area contributed by atoms with Gasteiger partial charge in [-0.05, 0) is 19.4 Å². The minimum atomic E-state index is 0.264. The summed E-state index contributed by atoms with van der Waals surface area (Å²) in [5.74, 6) is 0. The molecule has 1 unspecified atom stereocenters. The smallest absolute Gasteiger partial charge is 0.0615 e. The first kappa shape index (κ1) is 12.9. The van der Waals surface area contributed by atoms with E-state index >= 15 is 0 Å². The highest BCUT2D eigenvalue weighted by atomic mass is 16.5. The van der Waals surface area contributed by atoms with Crippen LogP contribution in [0.4, 0.5) is 0 Å². The first-order valence-corrected chi connectivity index (χ1v) is 5.18. The van der Waals surface area contributed by atoms with Gasteiger partial charge in [0.15, 0.2) is 0 Å². The van der Waals surface area contributed by atoms with E-state index in [1.165, 1.54) is 12.8 Å². The number of aliphatic hydroxyl groups is 1. The maximum absolute atomic E-state index is 8.61. The molecular weight excluding hydrogens is 166 g/mol. The van der Waals surface area contributed by atoms with Gasteiger partial charge in [0.05, 0.1) is 6.61 Å². The lowest BCUT2D eigenvalue weighted by Crippen LogP contribution is -2.34. The van der Waals surface area contributed by atoms with Gasteiger partial charge in [-0.2, -0.15) is 0 Å². The highest BCUT2D eigenvalue weighted by Gasteiger charge is 2.05. The molecule has 0 spiro atoms. The quantitative estimate of drug-likeness (QED) is 0.535. The van der Waals surface area contributed by atoms with Gasteiger partial charge in [-0.1, -0.05) is 19.8 Å². The molecule has 0 aliphatic carbocycles. The Morgan fingerprint density at radius 3 is 2.69 bits per heavy atom. The molecule has 80 valence electrons. The molecule has 0 aromatic heterocycles. The van der Waals surface area contributed by atoms with Crippen LogP contribution in [0.25, 0.3) is 0 Å². The third-order valence-corrected chi connectivity index (χ3v) is 2.04. The number of hydrogen-bond donors (Lipinski definition) is 2. The minimum absolute atomic E-state index is 0.264. The van der Waals surface area contributed by atoms with Crippen LogP contribution < -0.4 is 5.32 Å². The van der Waals surface area contributed by atoms with E-state index in [1.54, 1.807) is 7.11 Å². The fraction of sp³-hybridized carbons (Fsp3) is 1.00. The Balaban J connectivity index is 3.41. The van der Waals surface area contributed by atoms with Crippen molar-refractivity contribution in [2.45, 2.75) is 38.6 Å². The summed E-state index contributed by atoms with van der Waals surface area (Å²) in [6.45, 7) is 4.11. The van der Waals surface area contributed by atoms with Crippen molar-refractivity contribution in [1.82, 2.24) is 5.32 Å². The normalized spacial score (nSPS) is 13.2.